The van der Waals surface area contributed by atoms with Crippen LogP contribution in [0.25, 0.3) is 0 Å². The van der Waals surface area contributed by atoms with E-state index in [0.29, 0.717) is 11.7 Å². The van der Waals surface area contributed by atoms with E-state index in [-0.39, 0.29) is 11.8 Å². The van der Waals surface area contributed by atoms with Crippen molar-refractivity contribution >= 4 is 11.6 Å². The highest BCUT2D eigenvalue weighted by Gasteiger charge is 2.31. The second-order valence-electron chi connectivity index (χ2n) is 8.51. The molecule has 7 heteroatoms. The fourth-order valence-electron chi connectivity index (χ4n) is 4.48. The van der Waals surface area contributed by atoms with Crippen molar-refractivity contribution in [3.63, 3.8) is 0 Å². The number of anilines is 1. The zero-order valence-electron chi connectivity index (χ0n) is 18.2. The number of benzene rings is 1. The molecule has 0 bridgehead atoms. The molecule has 1 aromatic carbocycles. The average molecular weight is 413 g/mol. The molecule has 4 rings (SSSR count). The Morgan fingerprint density at radius 3 is 2.63 bits per heavy atom. The van der Waals surface area contributed by atoms with Gasteiger partial charge in [-0.3, -0.25) is 9.69 Å². The molecule has 2 saturated heterocycles. The third-order valence-electron chi connectivity index (χ3n) is 6.26. The van der Waals surface area contributed by atoms with Gasteiger partial charge in [-0.25, -0.2) is 0 Å². The largest absolute Gasteiger partial charge is 0.495 e. The number of rotatable bonds is 5. The number of aromatic nitrogens is 1. The van der Waals surface area contributed by atoms with Gasteiger partial charge in [0, 0.05) is 57.3 Å². The number of carbonyl (C=O) groups excluding carboxylic acids is 1. The monoisotopic (exact) mass is 412 g/mol. The minimum atomic E-state index is -0.0111. The molecule has 2 aromatic rings. The minimum absolute atomic E-state index is 0.0111. The second kappa shape index (κ2) is 9.08. The molecule has 2 aliphatic heterocycles. The molecule has 0 unspecified atom stereocenters. The summed E-state index contributed by atoms with van der Waals surface area (Å²) in [5.41, 5.74) is 1.59. The van der Waals surface area contributed by atoms with Crippen molar-refractivity contribution in [2.75, 3.05) is 51.3 Å². The highest BCUT2D eigenvalue weighted by Crippen LogP contribution is 2.29. The lowest BCUT2D eigenvalue weighted by molar-refractivity contribution is 0.0554. The molecule has 1 amide bonds. The van der Waals surface area contributed by atoms with Gasteiger partial charge in [0.15, 0.2) is 5.69 Å². The van der Waals surface area contributed by atoms with Gasteiger partial charge in [-0.1, -0.05) is 31.1 Å². The van der Waals surface area contributed by atoms with Crippen LogP contribution in [0.4, 0.5) is 5.69 Å². The Hall–Kier alpha value is -2.54. The van der Waals surface area contributed by atoms with Crippen LogP contribution in [0.3, 0.4) is 0 Å². The fourth-order valence-corrected chi connectivity index (χ4v) is 4.48. The third-order valence-corrected chi connectivity index (χ3v) is 6.26. The molecule has 1 aromatic heterocycles. The summed E-state index contributed by atoms with van der Waals surface area (Å²) in [6.45, 7) is 9.54. The molecule has 3 heterocycles. The van der Waals surface area contributed by atoms with Crippen LogP contribution in [-0.2, 0) is 0 Å². The number of para-hydroxylation sites is 2. The number of ether oxygens (including phenoxy) is 1. The van der Waals surface area contributed by atoms with Crippen molar-refractivity contribution in [3.8, 4) is 5.75 Å². The normalized spacial score (nSPS) is 20.6. The number of hydrogen-bond donors (Lipinski definition) is 0. The Balaban J connectivity index is 1.35. The van der Waals surface area contributed by atoms with Gasteiger partial charge in [0.05, 0.1) is 12.8 Å². The van der Waals surface area contributed by atoms with Crippen LogP contribution < -0.4 is 9.64 Å². The van der Waals surface area contributed by atoms with E-state index in [1.807, 2.05) is 30.9 Å². The highest BCUT2D eigenvalue weighted by atomic mass is 16.5. The van der Waals surface area contributed by atoms with Gasteiger partial charge in [-0.15, -0.1) is 0 Å². The molecule has 162 valence electrons. The summed E-state index contributed by atoms with van der Waals surface area (Å²) in [6, 6.07) is 10.4. The van der Waals surface area contributed by atoms with E-state index in [0.717, 1.165) is 69.3 Å². The van der Waals surface area contributed by atoms with Crippen molar-refractivity contribution in [2.45, 2.75) is 38.6 Å². The van der Waals surface area contributed by atoms with Gasteiger partial charge in [0.1, 0.15) is 11.5 Å². The first kappa shape index (κ1) is 20.7. The molecule has 0 saturated carbocycles. The number of likely N-dealkylation sites (tertiary alicyclic amines) is 1. The summed E-state index contributed by atoms with van der Waals surface area (Å²) in [5, 5.41) is 4.01. The van der Waals surface area contributed by atoms with Gasteiger partial charge < -0.3 is 19.1 Å². The van der Waals surface area contributed by atoms with Crippen LogP contribution in [0, 0.1) is 0 Å². The molecule has 0 spiro atoms. The quantitative estimate of drug-likeness (QED) is 0.751. The predicted octanol–water partition coefficient (Wildman–Crippen LogP) is 3.23. The lowest BCUT2D eigenvalue weighted by atomic mass is 10.0. The van der Waals surface area contributed by atoms with Crippen molar-refractivity contribution < 1.29 is 14.1 Å². The maximum atomic E-state index is 12.9. The summed E-state index contributed by atoms with van der Waals surface area (Å²) in [7, 11) is 1.72. The van der Waals surface area contributed by atoms with Crippen molar-refractivity contribution in [1.82, 2.24) is 15.0 Å². The van der Waals surface area contributed by atoms with Crippen LogP contribution in [0.1, 0.15) is 48.9 Å². The number of hydrogen-bond acceptors (Lipinski definition) is 6. The number of piperazine rings is 1. The Kier molecular flexibility index (Phi) is 6.27. The van der Waals surface area contributed by atoms with Gasteiger partial charge in [-0.05, 0) is 25.0 Å². The van der Waals surface area contributed by atoms with E-state index in [1.54, 1.807) is 13.2 Å². The van der Waals surface area contributed by atoms with Crippen LogP contribution in [0.5, 0.6) is 5.75 Å². The van der Waals surface area contributed by atoms with Crippen LogP contribution in [-0.4, -0.2) is 73.3 Å². The summed E-state index contributed by atoms with van der Waals surface area (Å²) in [4.78, 5) is 19.8. The van der Waals surface area contributed by atoms with Crippen molar-refractivity contribution in [3.05, 3.63) is 41.8 Å². The Morgan fingerprint density at radius 2 is 1.93 bits per heavy atom. The number of piperidine rings is 1. The second-order valence-corrected chi connectivity index (χ2v) is 8.51. The zero-order chi connectivity index (χ0) is 21.1. The van der Waals surface area contributed by atoms with Crippen molar-refractivity contribution in [2.24, 2.45) is 0 Å². The SMILES string of the molecule is COc1ccccc1N1CCN([C@@H]2CCCN(C(=O)c3cc(C(C)C)on3)C2)CC1. The summed E-state index contributed by atoms with van der Waals surface area (Å²) >= 11 is 0. The van der Waals surface area contributed by atoms with E-state index in [9.17, 15) is 4.79 Å². The van der Waals surface area contributed by atoms with Gasteiger partial charge in [-0.2, -0.15) is 0 Å². The average Bonchev–Trinajstić information content (AvgIpc) is 3.29. The minimum Gasteiger partial charge on any atom is -0.495 e. The summed E-state index contributed by atoms with van der Waals surface area (Å²) in [6.07, 6.45) is 2.16. The van der Waals surface area contributed by atoms with Gasteiger partial charge in [0.2, 0.25) is 0 Å². The Morgan fingerprint density at radius 1 is 1.17 bits per heavy atom. The summed E-state index contributed by atoms with van der Waals surface area (Å²) < 4.78 is 10.9. The van der Waals surface area contributed by atoms with E-state index in [4.69, 9.17) is 9.26 Å². The van der Waals surface area contributed by atoms with E-state index in [2.05, 4.69) is 27.1 Å². The highest BCUT2D eigenvalue weighted by molar-refractivity contribution is 5.92. The first-order valence-electron chi connectivity index (χ1n) is 10.9. The van der Waals surface area contributed by atoms with Crippen molar-refractivity contribution in [1.29, 1.82) is 0 Å². The maximum absolute atomic E-state index is 12.9. The summed E-state index contributed by atoms with van der Waals surface area (Å²) in [5.74, 6) is 1.91. The molecule has 0 aliphatic carbocycles. The smallest absolute Gasteiger partial charge is 0.276 e. The lowest BCUT2D eigenvalue weighted by Crippen LogP contribution is -2.56. The first-order chi connectivity index (χ1) is 14.6. The fraction of sp³-hybridized carbons (Fsp3) is 0.565. The predicted molar refractivity (Wildman–Crippen MR) is 116 cm³/mol. The van der Waals surface area contributed by atoms with Crippen LogP contribution in [0.15, 0.2) is 34.9 Å². The molecule has 7 nitrogen and oxygen atoms in total. The Labute approximate surface area is 178 Å². The third kappa shape index (κ3) is 4.31. The number of nitrogens with zero attached hydrogens (tertiary/aromatic N) is 4. The topological polar surface area (TPSA) is 62.1 Å². The first-order valence-corrected chi connectivity index (χ1v) is 10.9. The molecule has 30 heavy (non-hydrogen) atoms. The number of amides is 1. The van der Waals surface area contributed by atoms with E-state index < -0.39 is 0 Å². The number of carbonyl (C=O) groups is 1. The molecule has 0 N–H and O–H groups in total. The Bertz CT molecular complexity index is 858. The van der Waals surface area contributed by atoms with Gasteiger partial charge >= 0.3 is 0 Å². The van der Waals surface area contributed by atoms with Crippen LogP contribution >= 0.6 is 0 Å². The maximum Gasteiger partial charge on any atom is 0.276 e. The van der Waals surface area contributed by atoms with E-state index >= 15 is 0 Å². The number of methoxy groups -OCH3 is 1. The molecule has 0 radical (unpaired) electrons. The molecule has 2 fully saturated rings. The standard InChI is InChI=1S/C23H32N4O3/c1-17(2)22-15-19(24-30-22)23(28)27-10-6-7-18(16-27)25-11-13-26(14-12-25)20-8-4-5-9-21(20)29-3/h4-5,8-9,15,17-18H,6-7,10-14,16H2,1-3H3/t18-/m1/s1. The van der Waals surface area contributed by atoms with Crippen LogP contribution in [0.2, 0.25) is 0 Å². The molecule has 1 atom stereocenters. The zero-order valence-corrected chi connectivity index (χ0v) is 18.2. The van der Waals surface area contributed by atoms with E-state index in [1.165, 1.54) is 0 Å². The molecule has 2 aliphatic rings. The molecular weight excluding hydrogens is 380 g/mol. The lowest BCUT2D eigenvalue weighted by Gasteiger charge is -2.44. The van der Waals surface area contributed by atoms with Gasteiger partial charge in [0.25, 0.3) is 5.91 Å². The molecular formula is C23H32N4O3.